The number of nitrogens with zero attached hydrogens (tertiary/aromatic N) is 2. The van der Waals surface area contributed by atoms with Crippen LogP contribution in [0.4, 0.5) is 4.39 Å². The van der Waals surface area contributed by atoms with E-state index in [9.17, 15) is 14.0 Å². The zero-order chi connectivity index (χ0) is 24.0. The van der Waals surface area contributed by atoms with Gasteiger partial charge in [-0.05, 0) is 61.4 Å². The Labute approximate surface area is 199 Å². The lowest BCUT2D eigenvalue weighted by Gasteiger charge is -2.43. The highest BCUT2D eigenvalue weighted by molar-refractivity contribution is 5.94. The van der Waals surface area contributed by atoms with Crippen molar-refractivity contribution in [3.63, 3.8) is 0 Å². The van der Waals surface area contributed by atoms with Gasteiger partial charge in [0.2, 0.25) is 5.91 Å². The van der Waals surface area contributed by atoms with Crippen LogP contribution in [0.2, 0.25) is 0 Å². The molecule has 0 unspecified atom stereocenters. The average molecular weight is 471 g/mol. The third kappa shape index (κ3) is 5.86. The van der Waals surface area contributed by atoms with Crippen LogP contribution in [0, 0.1) is 11.2 Å². The van der Waals surface area contributed by atoms with E-state index in [1.165, 1.54) is 12.1 Å². The van der Waals surface area contributed by atoms with Gasteiger partial charge in [-0.1, -0.05) is 0 Å². The second-order valence-electron chi connectivity index (χ2n) is 8.97. The van der Waals surface area contributed by atoms with Gasteiger partial charge in [0.1, 0.15) is 17.3 Å². The summed E-state index contributed by atoms with van der Waals surface area (Å²) in [5.74, 6) is 0.863. The van der Waals surface area contributed by atoms with Crippen LogP contribution in [0.5, 0.6) is 11.5 Å². The number of morpholine rings is 1. The first kappa shape index (κ1) is 24.0. The van der Waals surface area contributed by atoms with Crippen molar-refractivity contribution in [1.82, 2.24) is 9.80 Å². The molecule has 7 nitrogen and oxygen atoms in total. The minimum atomic E-state index is -0.538. The van der Waals surface area contributed by atoms with Crippen molar-refractivity contribution in [1.29, 1.82) is 0 Å². The van der Waals surface area contributed by atoms with Crippen LogP contribution >= 0.6 is 0 Å². The summed E-state index contributed by atoms with van der Waals surface area (Å²) in [4.78, 5) is 30.1. The molecule has 4 rings (SSSR count). The van der Waals surface area contributed by atoms with E-state index in [0.29, 0.717) is 56.5 Å². The molecule has 0 bridgehead atoms. The van der Waals surface area contributed by atoms with Crippen LogP contribution in [0.15, 0.2) is 48.5 Å². The summed E-state index contributed by atoms with van der Waals surface area (Å²) >= 11 is 0. The van der Waals surface area contributed by atoms with E-state index in [1.807, 2.05) is 9.80 Å². The molecule has 2 aliphatic heterocycles. The van der Waals surface area contributed by atoms with Crippen molar-refractivity contribution in [3.05, 3.63) is 59.9 Å². The Morgan fingerprint density at radius 2 is 1.65 bits per heavy atom. The van der Waals surface area contributed by atoms with Gasteiger partial charge in [-0.25, -0.2) is 4.39 Å². The van der Waals surface area contributed by atoms with Crippen molar-refractivity contribution in [3.8, 4) is 11.5 Å². The van der Waals surface area contributed by atoms with Gasteiger partial charge in [0, 0.05) is 43.6 Å². The van der Waals surface area contributed by atoms with E-state index in [2.05, 4.69) is 0 Å². The molecular weight excluding hydrogens is 439 g/mol. The summed E-state index contributed by atoms with van der Waals surface area (Å²) in [6.45, 7) is 3.51. The highest BCUT2D eigenvalue weighted by atomic mass is 19.1. The molecule has 0 N–H and O–H groups in total. The first-order chi connectivity index (χ1) is 16.5. The maximum atomic E-state index is 13.3. The molecule has 2 saturated heterocycles. The third-order valence-electron chi connectivity index (χ3n) is 6.53. The molecule has 2 fully saturated rings. The number of ether oxygens (including phenoxy) is 3. The summed E-state index contributed by atoms with van der Waals surface area (Å²) in [7, 11) is 1.59. The first-order valence-corrected chi connectivity index (χ1v) is 11.7. The zero-order valence-electron chi connectivity index (χ0n) is 19.5. The van der Waals surface area contributed by atoms with Crippen molar-refractivity contribution in [2.45, 2.75) is 19.3 Å². The van der Waals surface area contributed by atoms with Gasteiger partial charge in [0.15, 0.2) is 0 Å². The molecule has 0 aliphatic carbocycles. The fourth-order valence-corrected chi connectivity index (χ4v) is 4.62. The lowest BCUT2D eigenvalue weighted by molar-refractivity contribution is -0.139. The summed E-state index contributed by atoms with van der Waals surface area (Å²) in [6.07, 6.45) is 1.81. The number of amides is 2. The van der Waals surface area contributed by atoms with Gasteiger partial charge < -0.3 is 24.0 Å². The van der Waals surface area contributed by atoms with Crippen molar-refractivity contribution in [2.24, 2.45) is 5.41 Å². The van der Waals surface area contributed by atoms with Gasteiger partial charge >= 0.3 is 0 Å². The third-order valence-corrected chi connectivity index (χ3v) is 6.53. The standard InChI is InChI=1S/C26H31FN2O5/c1-32-22-7-3-20(4-8-22)25(31)29-12-2-11-26(18-29,17-24(30)28-13-15-33-16-14-28)19-34-23-9-5-21(27)6-10-23/h3-10H,2,11-19H2,1H3/t26-/m0/s1. The van der Waals surface area contributed by atoms with E-state index in [0.717, 1.165) is 12.8 Å². The normalized spacial score (nSPS) is 20.6. The van der Waals surface area contributed by atoms with Gasteiger partial charge in [0.05, 0.1) is 26.9 Å². The average Bonchev–Trinajstić information content (AvgIpc) is 2.88. The second kappa shape index (κ2) is 10.9. The monoisotopic (exact) mass is 470 g/mol. The fraction of sp³-hybridized carbons (Fsp3) is 0.462. The molecule has 0 saturated carbocycles. The number of hydrogen-bond donors (Lipinski definition) is 0. The maximum absolute atomic E-state index is 13.3. The molecule has 182 valence electrons. The number of piperidine rings is 1. The smallest absolute Gasteiger partial charge is 0.253 e. The van der Waals surface area contributed by atoms with Gasteiger partial charge in [-0.15, -0.1) is 0 Å². The SMILES string of the molecule is COc1ccc(C(=O)N2CCC[C@](COc3ccc(F)cc3)(CC(=O)N3CCOCC3)C2)cc1. The van der Waals surface area contributed by atoms with E-state index in [-0.39, 0.29) is 30.7 Å². The van der Waals surface area contributed by atoms with Gasteiger partial charge in [-0.2, -0.15) is 0 Å². The van der Waals surface area contributed by atoms with Crippen molar-refractivity contribution < 1.29 is 28.2 Å². The maximum Gasteiger partial charge on any atom is 0.253 e. The number of hydrogen-bond acceptors (Lipinski definition) is 5. The Kier molecular flexibility index (Phi) is 7.67. The summed E-state index contributed by atoms with van der Waals surface area (Å²) in [6, 6.07) is 12.9. The van der Waals surface area contributed by atoms with Crippen LogP contribution < -0.4 is 9.47 Å². The van der Waals surface area contributed by atoms with E-state index in [1.54, 1.807) is 43.5 Å². The molecule has 2 amide bonds. The molecule has 1 atom stereocenters. The number of carbonyl (C=O) groups excluding carboxylic acids is 2. The van der Waals surface area contributed by atoms with E-state index in [4.69, 9.17) is 14.2 Å². The molecule has 2 aromatic rings. The molecule has 2 heterocycles. The summed E-state index contributed by atoms with van der Waals surface area (Å²) in [5.41, 5.74) is 0.0417. The van der Waals surface area contributed by atoms with E-state index < -0.39 is 5.41 Å². The number of halogens is 1. The molecule has 2 aromatic carbocycles. The predicted molar refractivity (Wildman–Crippen MR) is 124 cm³/mol. The predicted octanol–water partition coefficient (Wildman–Crippen LogP) is 3.38. The van der Waals surface area contributed by atoms with Gasteiger partial charge in [0.25, 0.3) is 5.91 Å². The lowest BCUT2D eigenvalue weighted by Crippen LogP contribution is -2.52. The summed E-state index contributed by atoms with van der Waals surface area (Å²) in [5, 5.41) is 0. The number of benzene rings is 2. The second-order valence-corrected chi connectivity index (χ2v) is 8.97. The summed E-state index contributed by atoms with van der Waals surface area (Å²) < 4.78 is 29.9. The largest absolute Gasteiger partial charge is 0.497 e. The van der Waals surface area contributed by atoms with Crippen LogP contribution in [0.1, 0.15) is 29.6 Å². The van der Waals surface area contributed by atoms with Crippen molar-refractivity contribution >= 4 is 11.8 Å². The van der Waals surface area contributed by atoms with E-state index >= 15 is 0 Å². The zero-order valence-corrected chi connectivity index (χ0v) is 19.5. The number of rotatable bonds is 7. The minimum Gasteiger partial charge on any atom is -0.497 e. The Morgan fingerprint density at radius 1 is 0.971 bits per heavy atom. The minimum absolute atomic E-state index is 0.0461. The Morgan fingerprint density at radius 3 is 2.32 bits per heavy atom. The van der Waals surface area contributed by atoms with Crippen LogP contribution in [0.25, 0.3) is 0 Å². The molecule has 2 aliphatic rings. The number of likely N-dealkylation sites (tertiary alicyclic amines) is 1. The lowest BCUT2D eigenvalue weighted by atomic mass is 9.77. The van der Waals surface area contributed by atoms with Crippen molar-refractivity contribution in [2.75, 3.05) is 53.1 Å². The highest BCUT2D eigenvalue weighted by Gasteiger charge is 2.41. The Balaban J connectivity index is 1.51. The quantitative estimate of drug-likeness (QED) is 0.621. The van der Waals surface area contributed by atoms with Crippen LogP contribution in [-0.2, 0) is 9.53 Å². The fourth-order valence-electron chi connectivity index (χ4n) is 4.62. The molecule has 34 heavy (non-hydrogen) atoms. The topological polar surface area (TPSA) is 68.3 Å². The molecule has 0 spiro atoms. The van der Waals surface area contributed by atoms with Crippen LogP contribution in [0.3, 0.4) is 0 Å². The Bertz CT molecular complexity index is 976. The molecule has 0 aromatic heterocycles. The number of methoxy groups -OCH3 is 1. The molecular formula is C26H31FN2O5. The van der Waals surface area contributed by atoms with Gasteiger partial charge in [-0.3, -0.25) is 9.59 Å². The number of carbonyl (C=O) groups is 2. The molecule has 8 heteroatoms. The first-order valence-electron chi connectivity index (χ1n) is 11.7. The highest BCUT2D eigenvalue weighted by Crippen LogP contribution is 2.36. The molecule has 0 radical (unpaired) electrons. The van der Waals surface area contributed by atoms with Crippen LogP contribution in [-0.4, -0.2) is 74.7 Å². The Hall–Kier alpha value is -3.13.